The highest BCUT2D eigenvalue weighted by atomic mass is 16.5. The first kappa shape index (κ1) is 23.4. The molecule has 0 aliphatic heterocycles. The average Bonchev–Trinajstić information content (AvgIpc) is 3.43. The standard InChI is InChI=1S/C28H32N2O5/c1-18(2)30(14-24(31)32)25(33)28(16-27(28)12-7-13-27)17-29-26(34)35-15-23-21-10-5-3-8-19(21)20-9-4-6-11-22(20)23/h3-6,8-11,18,23H,7,12-17H2,1-2H3,(H,29,34)(H,31,32). The normalized spacial score (nSPS) is 21.1. The number of benzene rings is 2. The fourth-order valence-corrected chi connectivity index (χ4v) is 6.20. The van der Waals surface area contributed by atoms with Crippen LogP contribution in [0.3, 0.4) is 0 Å². The molecule has 7 heteroatoms. The van der Waals surface area contributed by atoms with Gasteiger partial charge >= 0.3 is 12.1 Å². The van der Waals surface area contributed by atoms with Crippen molar-refractivity contribution in [3.63, 3.8) is 0 Å². The number of amides is 2. The van der Waals surface area contributed by atoms with Crippen LogP contribution >= 0.6 is 0 Å². The molecule has 5 rings (SSSR count). The average molecular weight is 477 g/mol. The molecule has 1 atom stereocenters. The number of hydrogen-bond acceptors (Lipinski definition) is 4. The maximum Gasteiger partial charge on any atom is 0.407 e. The molecule has 2 amide bonds. The molecule has 2 N–H and O–H groups in total. The van der Waals surface area contributed by atoms with Gasteiger partial charge in [0.25, 0.3) is 0 Å². The van der Waals surface area contributed by atoms with Gasteiger partial charge in [-0.1, -0.05) is 55.0 Å². The van der Waals surface area contributed by atoms with Gasteiger partial charge in [0.15, 0.2) is 0 Å². The van der Waals surface area contributed by atoms with Gasteiger partial charge in [-0.2, -0.15) is 0 Å². The zero-order valence-corrected chi connectivity index (χ0v) is 20.3. The van der Waals surface area contributed by atoms with Crippen LogP contribution in [0.2, 0.25) is 0 Å². The van der Waals surface area contributed by atoms with Crippen molar-refractivity contribution in [3.05, 3.63) is 59.7 Å². The maximum atomic E-state index is 13.5. The van der Waals surface area contributed by atoms with Crippen LogP contribution in [0.4, 0.5) is 4.79 Å². The first-order valence-corrected chi connectivity index (χ1v) is 12.4. The highest BCUT2D eigenvalue weighted by Gasteiger charge is 2.74. The number of aliphatic carboxylic acids is 1. The van der Waals surface area contributed by atoms with E-state index in [0.717, 1.165) is 30.4 Å². The summed E-state index contributed by atoms with van der Waals surface area (Å²) in [6.07, 6.45) is 3.06. The van der Waals surface area contributed by atoms with Crippen molar-refractivity contribution in [2.75, 3.05) is 19.7 Å². The molecular weight excluding hydrogens is 444 g/mol. The Bertz CT molecular complexity index is 1130. The van der Waals surface area contributed by atoms with E-state index in [1.165, 1.54) is 16.0 Å². The fraction of sp³-hybridized carbons (Fsp3) is 0.464. The molecule has 0 radical (unpaired) electrons. The third-order valence-corrected chi connectivity index (χ3v) is 8.32. The van der Waals surface area contributed by atoms with E-state index >= 15 is 0 Å². The van der Waals surface area contributed by atoms with Gasteiger partial charge in [0.2, 0.25) is 5.91 Å². The Kier molecular flexibility index (Phi) is 5.82. The summed E-state index contributed by atoms with van der Waals surface area (Å²) in [5.41, 5.74) is 3.76. The number of alkyl carbamates (subject to hydrolysis) is 1. The number of carbonyl (C=O) groups is 3. The molecule has 1 unspecified atom stereocenters. The molecular formula is C28H32N2O5. The lowest BCUT2D eigenvalue weighted by Gasteiger charge is -2.36. The van der Waals surface area contributed by atoms with Gasteiger partial charge in [0.05, 0.1) is 5.41 Å². The summed E-state index contributed by atoms with van der Waals surface area (Å²) in [6, 6.07) is 16.1. The fourth-order valence-electron chi connectivity index (χ4n) is 6.20. The van der Waals surface area contributed by atoms with E-state index in [1.807, 2.05) is 38.1 Å². The Hall–Kier alpha value is -3.35. The van der Waals surface area contributed by atoms with Gasteiger partial charge < -0.3 is 20.1 Å². The Labute approximate surface area is 205 Å². The lowest BCUT2D eigenvalue weighted by molar-refractivity contribution is -0.150. The van der Waals surface area contributed by atoms with Crippen LogP contribution in [-0.4, -0.2) is 53.7 Å². The van der Waals surface area contributed by atoms with Crippen molar-refractivity contribution in [2.24, 2.45) is 10.8 Å². The van der Waals surface area contributed by atoms with E-state index in [9.17, 15) is 19.5 Å². The second-order valence-corrected chi connectivity index (χ2v) is 10.5. The third-order valence-electron chi connectivity index (χ3n) is 8.32. The van der Waals surface area contributed by atoms with Crippen LogP contribution in [0.5, 0.6) is 0 Å². The second-order valence-electron chi connectivity index (χ2n) is 10.5. The van der Waals surface area contributed by atoms with Crippen molar-refractivity contribution < 1.29 is 24.2 Å². The summed E-state index contributed by atoms with van der Waals surface area (Å²) in [6.45, 7) is 3.69. The van der Waals surface area contributed by atoms with Crippen LogP contribution in [0.25, 0.3) is 11.1 Å². The smallest absolute Gasteiger partial charge is 0.407 e. The molecule has 3 aliphatic carbocycles. The lowest BCUT2D eigenvalue weighted by Crippen LogP contribution is -2.50. The Balaban J connectivity index is 1.26. The highest BCUT2D eigenvalue weighted by Crippen LogP contribution is 2.74. The van der Waals surface area contributed by atoms with E-state index in [-0.39, 0.29) is 43.0 Å². The Morgan fingerprint density at radius 1 is 1.06 bits per heavy atom. The maximum absolute atomic E-state index is 13.5. The molecule has 0 saturated heterocycles. The van der Waals surface area contributed by atoms with Gasteiger partial charge in [-0.15, -0.1) is 0 Å². The number of ether oxygens (including phenoxy) is 1. The number of fused-ring (bicyclic) bond motifs is 3. The van der Waals surface area contributed by atoms with Crippen LogP contribution in [0.1, 0.15) is 56.6 Å². The zero-order valence-electron chi connectivity index (χ0n) is 20.3. The second kappa shape index (κ2) is 8.70. The molecule has 35 heavy (non-hydrogen) atoms. The van der Waals surface area contributed by atoms with Crippen molar-refractivity contribution >= 4 is 18.0 Å². The zero-order chi connectivity index (χ0) is 24.8. The Morgan fingerprint density at radius 2 is 1.66 bits per heavy atom. The Morgan fingerprint density at radius 3 is 2.14 bits per heavy atom. The van der Waals surface area contributed by atoms with Crippen LogP contribution in [0.15, 0.2) is 48.5 Å². The largest absolute Gasteiger partial charge is 0.480 e. The summed E-state index contributed by atoms with van der Waals surface area (Å²) >= 11 is 0. The van der Waals surface area contributed by atoms with E-state index in [2.05, 4.69) is 29.6 Å². The molecule has 0 heterocycles. The van der Waals surface area contributed by atoms with E-state index in [1.54, 1.807) is 0 Å². The van der Waals surface area contributed by atoms with Crippen molar-refractivity contribution in [2.45, 2.75) is 51.5 Å². The van der Waals surface area contributed by atoms with E-state index in [4.69, 9.17) is 4.74 Å². The monoisotopic (exact) mass is 476 g/mol. The molecule has 2 aromatic rings. The molecule has 184 valence electrons. The molecule has 3 aliphatic rings. The van der Waals surface area contributed by atoms with Gasteiger partial charge in [-0.3, -0.25) is 9.59 Å². The minimum Gasteiger partial charge on any atom is -0.480 e. The number of carbonyl (C=O) groups excluding carboxylic acids is 2. The SMILES string of the molecule is CC(C)N(CC(=O)O)C(=O)C1(CNC(=O)OCC2c3ccccc3-c3ccccc32)CC12CCC2. The highest BCUT2D eigenvalue weighted by molar-refractivity contribution is 5.91. The molecule has 1 spiro atoms. The first-order chi connectivity index (χ1) is 16.8. The van der Waals surface area contributed by atoms with E-state index < -0.39 is 17.5 Å². The first-order valence-electron chi connectivity index (χ1n) is 12.4. The minimum absolute atomic E-state index is 0.0327. The molecule has 0 aromatic heterocycles. The lowest BCUT2D eigenvalue weighted by atomic mass is 9.74. The predicted molar refractivity (Wildman–Crippen MR) is 131 cm³/mol. The van der Waals surface area contributed by atoms with Crippen LogP contribution in [0, 0.1) is 10.8 Å². The van der Waals surface area contributed by atoms with Crippen LogP contribution in [-0.2, 0) is 14.3 Å². The number of carboxylic acid groups (broad SMARTS) is 1. The summed E-state index contributed by atoms with van der Waals surface area (Å²) in [4.78, 5) is 39.1. The number of nitrogens with one attached hydrogen (secondary N) is 1. The summed E-state index contributed by atoms with van der Waals surface area (Å²) in [5.74, 6) is -1.24. The molecule has 0 bridgehead atoms. The van der Waals surface area contributed by atoms with Gasteiger partial charge in [-0.05, 0) is 60.8 Å². The summed E-state index contributed by atoms with van der Waals surface area (Å²) in [7, 11) is 0. The number of rotatable bonds is 8. The summed E-state index contributed by atoms with van der Waals surface area (Å²) in [5, 5.41) is 12.2. The number of hydrogen-bond donors (Lipinski definition) is 2. The molecule has 2 fully saturated rings. The van der Waals surface area contributed by atoms with Crippen molar-refractivity contribution in [1.82, 2.24) is 10.2 Å². The van der Waals surface area contributed by atoms with Crippen molar-refractivity contribution in [3.8, 4) is 11.1 Å². The third kappa shape index (κ3) is 3.87. The minimum atomic E-state index is -1.03. The quantitative estimate of drug-likeness (QED) is 0.589. The van der Waals surface area contributed by atoms with Crippen molar-refractivity contribution in [1.29, 1.82) is 0 Å². The van der Waals surface area contributed by atoms with Gasteiger partial charge in [-0.25, -0.2) is 4.79 Å². The number of nitrogens with zero attached hydrogens (tertiary/aromatic N) is 1. The molecule has 2 aromatic carbocycles. The van der Waals surface area contributed by atoms with Crippen LogP contribution < -0.4 is 5.32 Å². The predicted octanol–water partition coefficient (Wildman–Crippen LogP) is 4.41. The molecule has 7 nitrogen and oxygen atoms in total. The van der Waals surface area contributed by atoms with E-state index in [0.29, 0.717) is 6.42 Å². The topological polar surface area (TPSA) is 95.9 Å². The number of carboxylic acids is 1. The van der Waals surface area contributed by atoms with Gasteiger partial charge in [0, 0.05) is 18.5 Å². The molecule has 2 saturated carbocycles. The van der Waals surface area contributed by atoms with Gasteiger partial charge in [0.1, 0.15) is 13.2 Å². The summed E-state index contributed by atoms with van der Waals surface area (Å²) < 4.78 is 5.67.